The molecular weight excluding hydrogens is 202 g/mol. The van der Waals surface area contributed by atoms with Gasteiger partial charge in [-0.2, -0.15) is 0 Å². The molecule has 1 unspecified atom stereocenters. The minimum atomic E-state index is -0.485. The van der Waals surface area contributed by atoms with E-state index in [0.29, 0.717) is 5.92 Å². The van der Waals surface area contributed by atoms with E-state index in [-0.39, 0.29) is 11.9 Å². The van der Waals surface area contributed by atoms with E-state index in [1.165, 1.54) is 5.56 Å². The SMILES string of the molecule is CC(C)c1ccc(C2N=C(N)NC2=O)cc1. The largest absolute Gasteiger partial charge is 0.370 e. The summed E-state index contributed by atoms with van der Waals surface area (Å²) in [7, 11) is 0. The number of carbonyl (C=O) groups excluding carboxylic acids is 1. The second-order valence-electron chi connectivity index (χ2n) is 4.23. The van der Waals surface area contributed by atoms with E-state index in [1.807, 2.05) is 24.3 Å². The molecular formula is C12H15N3O. The highest BCUT2D eigenvalue weighted by atomic mass is 16.2. The molecule has 1 heterocycles. The Balaban J connectivity index is 2.25. The molecule has 16 heavy (non-hydrogen) atoms. The first-order valence-corrected chi connectivity index (χ1v) is 5.32. The quantitative estimate of drug-likeness (QED) is 0.784. The maximum Gasteiger partial charge on any atom is 0.256 e. The first kappa shape index (κ1) is 10.7. The average molecular weight is 217 g/mol. The molecule has 0 aliphatic carbocycles. The summed E-state index contributed by atoms with van der Waals surface area (Å²) in [6, 6.07) is 7.43. The van der Waals surface area contributed by atoms with Gasteiger partial charge in [-0.1, -0.05) is 38.1 Å². The van der Waals surface area contributed by atoms with Gasteiger partial charge in [0.05, 0.1) is 0 Å². The topological polar surface area (TPSA) is 67.5 Å². The Hall–Kier alpha value is -1.84. The molecule has 1 atom stereocenters. The molecule has 84 valence electrons. The summed E-state index contributed by atoms with van der Waals surface area (Å²) in [6.45, 7) is 4.26. The zero-order valence-corrected chi connectivity index (χ0v) is 9.40. The van der Waals surface area contributed by atoms with Crippen LogP contribution in [-0.4, -0.2) is 11.9 Å². The Bertz CT molecular complexity index is 434. The standard InChI is InChI=1S/C12H15N3O/c1-7(2)8-3-5-9(6-4-8)10-11(16)15-12(13)14-10/h3-7,10H,1-2H3,(H3,13,14,15,16). The molecule has 0 radical (unpaired) electrons. The minimum Gasteiger partial charge on any atom is -0.370 e. The van der Waals surface area contributed by atoms with Crippen molar-refractivity contribution in [3.63, 3.8) is 0 Å². The van der Waals surface area contributed by atoms with Crippen molar-refractivity contribution in [1.29, 1.82) is 0 Å². The number of nitrogens with one attached hydrogen (secondary N) is 1. The zero-order chi connectivity index (χ0) is 11.7. The lowest BCUT2D eigenvalue weighted by molar-refractivity contribution is -0.120. The third-order valence-corrected chi connectivity index (χ3v) is 2.69. The van der Waals surface area contributed by atoms with Crippen LogP contribution in [0.3, 0.4) is 0 Å². The van der Waals surface area contributed by atoms with Gasteiger partial charge in [0.1, 0.15) is 0 Å². The monoisotopic (exact) mass is 217 g/mol. The number of nitrogens with two attached hydrogens (primary N) is 1. The number of amides is 1. The van der Waals surface area contributed by atoms with Gasteiger partial charge in [-0.3, -0.25) is 10.1 Å². The number of hydrogen-bond donors (Lipinski definition) is 2. The van der Waals surface area contributed by atoms with E-state index < -0.39 is 6.04 Å². The van der Waals surface area contributed by atoms with E-state index in [2.05, 4.69) is 24.2 Å². The molecule has 1 aliphatic rings. The van der Waals surface area contributed by atoms with Crippen LogP contribution in [0.4, 0.5) is 0 Å². The van der Waals surface area contributed by atoms with Crippen LogP contribution in [0.15, 0.2) is 29.3 Å². The van der Waals surface area contributed by atoms with Gasteiger partial charge < -0.3 is 5.73 Å². The van der Waals surface area contributed by atoms with Gasteiger partial charge in [-0.15, -0.1) is 0 Å². The molecule has 0 saturated heterocycles. The van der Waals surface area contributed by atoms with E-state index in [1.54, 1.807) is 0 Å². The number of hydrogen-bond acceptors (Lipinski definition) is 3. The summed E-state index contributed by atoms with van der Waals surface area (Å²) >= 11 is 0. The molecule has 0 fully saturated rings. The fourth-order valence-corrected chi connectivity index (χ4v) is 1.71. The van der Waals surface area contributed by atoms with Crippen LogP contribution in [0.1, 0.15) is 36.9 Å². The molecule has 0 bridgehead atoms. The minimum absolute atomic E-state index is 0.158. The summed E-state index contributed by atoms with van der Waals surface area (Å²) in [6.07, 6.45) is 0. The van der Waals surface area contributed by atoms with E-state index in [4.69, 9.17) is 5.73 Å². The Morgan fingerprint density at radius 3 is 2.38 bits per heavy atom. The van der Waals surface area contributed by atoms with Gasteiger partial charge in [0.15, 0.2) is 12.0 Å². The average Bonchev–Trinajstić information content (AvgIpc) is 2.58. The van der Waals surface area contributed by atoms with Gasteiger partial charge >= 0.3 is 0 Å². The number of aliphatic imine (C=N–C) groups is 1. The second-order valence-corrected chi connectivity index (χ2v) is 4.23. The maximum absolute atomic E-state index is 11.5. The number of rotatable bonds is 2. The summed E-state index contributed by atoms with van der Waals surface area (Å²) in [5.74, 6) is 0.526. The predicted octanol–water partition coefficient (Wildman–Crippen LogP) is 1.30. The van der Waals surface area contributed by atoms with Crippen molar-refractivity contribution in [2.75, 3.05) is 0 Å². The summed E-state index contributed by atoms with van der Waals surface area (Å²) in [4.78, 5) is 15.5. The van der Waals surface area contributed by atoms with Crippen LogP contribution in [-0.2, 0) is 4.79 Å². The van der Waals surface area contributed by atoms with E-state index in [9.17, 15) is 4.79 Å². The van der Waals surface area contributed by atoms with Gasteiger partial charge in [-0.25, -0.2) is 4.99 Å². The first-order valence-electron chi connectivity index (χ1n) is 5.32. The first-order chi connectivity index (χ1) is 7.58. The second kappa shape index (κ2) is 3.96. The molecule has 1 aliphatic heterocycles. The highest BCUT2D eigenvalue weighted by molar-refractivity contribution is 6.04. The summed E-state index contributed by atoms with van der Waals surface area (Å²) in [5, 5.41) is 2.49. The molecule has 1 amide bonds. The molecule has 1 aromatic carbocycles. The number of benzene rings is 1. The van der Waals surface area contributed by atoms with Crippen LogP contribution < -0.4 is 11.1 Å². The molecule has 0 spiro atoms. The predicted molar refractivity (Wildman–Crippen MR) is 63.0 cm³/mol. The Labute approximate surface area is 94.6 Å². The summed E-state index contributed by atoms with van der Waals surface area (Å²) < 4.78 is 0. The maximum atomic E-state index is 11.5. The Morgan fingerprint density at radius 1 is 1.31 bits per heavy atom. The fourth-order valence-electron chi connectivity index (χ4n) is 1.71. The normalized spacial score (nSPS) is 19.8. The van der Waals surface area contributed by atoms with Crippen molar-refractivity contribution in [1.82, 2.24) is 5.32 Å². The molecule has 4 nitrogen and oxygen atoms in total. The van der Waals surface area contributed by atoms with E-state index in [0.717, 1.165) is 5.56 Å². The van der Waals surface area contributed by atoms with Crippen LogP contribution in [0.2, 0.25) is 0 Å². The molecule has 2 rings (SSSR count). The smallest absolute Gasteiger partial charge is 0.256 e. The lowest BCUT2D eigenvalue weighted by Gasteiger charge is -2.08. The van der Waals surface area contributed by atoms with Gasteiger partial charge in [0.2, 0.25) is 0 Å². The number of guanidine groups is 1. The van der Waals surface area contributed by atoms with Gasteiger partial charge in [-0.05, 0) is 17.0 Å². The van der Waals surface area contributed by atoms with E-state index >= 15 is 0 Å². The van der Waals surface area contributed by atoms with Crippen molar-refractivity contribution in [2.45, 2.75) is 25.8 Å². The fraction of sp³-hybridized carbons (Fsp3) is 0.333. The van der Waals surface area contributed by atoms with Crippen molar-refractivity contribution < 1.29 is 4.79 Å². The molecule has 4 heteroatoms. The third kappa shape index (κ3) is 1.91. The zero-order valence-electron chi connectivity index (χ0n) is 9.40. The Morgan fingerprint density at radius 2 is 1.94 bits per heavy atom. The van der Waals surface area contributed by atoms with Crippen LogP contribution in [0, 0.1) is 0 Å². The van der Waals surface area contributed by atoms with Crippen LogP contribution in [0.5, 0.6) is 0 Å². The van der Waals surface area contributed by atoms with Crippen molar-refractivity contribution in [3.05, 3.63) is 35.4 Å². The number of carbonyl (C=O) groups is 1. The van der Waals surface area contributed by atoms with Gasteiger partial charge in [0, 0.05) is 0 Å². The van der Waals surface area contributed by atoms with Crippen LogP contribution in [0.25, 0.3) is 0 Å². The van der Waals surface area contributed by atoms with Crippen molar-refractivity contribution in [2.24, 2.45) is 10.7 Å². The van der Waals surface area contributed by atoms with Crippen LogP contribution >= 0.6 is 0 Å². The number of nitrogens with zero attached hydrogens (tertiary/aromatic N) is 1. The highest BCUT2D eigenvalue weighted by Gasteiger charge is 2.26. The Kier molecular flexibility index (Phi) is 2.64. The molecule has 0 saturated carbocycles. The lowest BCUT2D eigenvalue weighted by atomic mass is 9.99. The summed E-state index contributed by atoms with van der Waals surface area (Å²) in [5.41, 5.74) is 7.58. The molecule has 3 N–H and O–H groups in total. The van der Waals surface area contributed by atoms with Crippen molar-refractivity contribution in [3.8, 4) is 0 Å². The van der Waals surface area contributed by atoms with Gasteiger partial charge in [0.25, 0.3) is 5.91 Å². The lowest BCUT2D eigenvalue weighted by Crippen LogP contribution is -2.31. The third-order valence-electron chi connectivity index (χ3n) is 2.69. The highest BCUT2D eigenvalue weighted by Crippen LogP contribution is 2.23. The van der Waals surface area contributed by atoms with Crippen molar-refractivity contribution >= 4 is 11.9 Å². The molecule has 1 aromatic rings. The molecule has 0 aromatic heterocycles.